The van der Waals surface area contributed by atoms with Gasteiger partial charge in [0.15, 0.2) is 0 Å². The molecule has 2 aliphatic rings. The van der Waals surface area contributed by atoms with Crippen molar-refractivity contribution in [2.45, 2.75) is 32.2 Å². The maximum atomic E-state index is 5.85. The zero-order valence-corrected chi connectivity index (χ0v) is 9.15. The van der Waals surface area contributed by atoms with Gasteiger partial charge in [-0.3, -0.25) is 0 Å². The summed E-state index contributed by atoms with van der Waals surface area (Å²) in [6.45, 7) is 6.16. The first-order valence-corrected chi connectivity index (χ1v) is 5.94. The molecule has 0 radical (unpaired) electrons. The summed E-state index contributed by atoms with van der Waals surface area (Å²) >= 11 is 0. The molecule has 1 saturated heterocycles. The van der Waals surface area contributed by atoms with Gasteiger partial charge in [0, 0.05) is 19.1 Å². The molecule has 3 unspecified atom stereocenters. The van der Waals surface area contributed by atoms with Gasteiger partial charge in [-0.1, -0.05) is 25.5 Å². The molecular weight excluding hydrogens is 172 g/mol. The van der Waals surface area contributed by atoms with Gasteiger partial charge >= 0.3 is 0 Å². The lowest BCUT2D eigenvalue weighted by Gasteiger charge is -2.19. The molecule has 1 heterocycles. The second kappa shape index (κ2) is 4.45. The van der Waals surface area contributed by atoms with Crippen LogP contribution in [0.25, 0.3) is 0 Å². The predicted molar refractivity (Wildman–Crippen MR) is 60.1 cm³/mol. The molecule has 1 fully saturated rings. The monoisotopic (exact) mass is 194 g/mol. The second-order valence-electron chi connectivity index (χ2n) is 4.87. The van der Waals surface area contributed by atoms with Crippen molar-refractivity contribution in [2.75, 3.05) is 19.6 Å². The lowest BCUT2D eigenvalue weighted by atomic mass is 10.1. The molecule has 2 nitrogen and oxygen atoms in total. The van der Waals surface area contributed by atoms with Gasteiger partial charge in [-0.05, 0) is 31.2 Å². The van der Waals surface area contributed by atoms with Gasteiger partial charge in [0.1, 0.15) is 0 Å². The number of rotatable bonds is 3. The lowest BCUT2D eigenvalue weighted by molar-refractivity contribution is 0.286. The van der Waals surface area contributed by atoms with Crippen molar-refractivity contribution in [3.8, 4) is 0 Å². The van der Waals surface area contributed by atoms with E-state index in [1.165, 1.54) is 32.5 Å². The van der Waals surface area contributed by atoms with Crippen LogP contribution in [0.4, 0.5) is 0 Å². The topological polar surface area (TPSA) is 29.3 Å². The Hall–Kier alpha value is -0.340. The minimum atomic E-state index is 0.324. The summed E-state index contributed by atoms with van der Waals surface area (Å²) in [6.07, 6.45) is 8.38. The summed E-state index contributed by atoms with van der Waals surface area (Å²) in [5, 5.41) is 0. The zero-order valence-electron chi connectivity index (χ0n) is 9.15. The van der Waals surface area contributed by atoms with E-state index in [0.717, 1.165) is 18.3 Å². The van der Waals surface area contributed by atoms with Crippen molar-refractivity contribution in [1.29, 1.82) is 0 Å². The van der Waals surface area contributed by atoms with E-state index in [9.17, 15) is 0 Å². The van der Waals surface area contributed by atoms with Crippen LogP contribution in [0.3, 0.4) is 0 Å². The van der Waals surface area contributed by atoms with Crippen LogP contribution in [-0.4, -0.2) is 30.6 Å². The second-order valence-corrected chi connectivity index (χ2v) is 4.87. The third-order valence-electron chi connectivity index (χ3n) is 3.65. The molecule has 14 heavy (non-hydrogen) atoms. The summed E-state index contributed by atoms with van der Waals surface area (Å²) < 4.78 is 0. The number of nitrogens with two attached hydrogens (primary N) is 1. The Morgan fingerprint density at radius 2 is 2.29 bits per heavy atom. The zero-order chi connectivity index (χ0) is 9.97. The molecule has 1 aliphatic heterocycles. The first-order valence-electron chi connectivity index (χ1n) is 5.94. The van der Waals surface area contributed by atoms with E-state index >= 15 is 0 Å². The van der Waals surface area contributed by atoms with Crippen LogP contribution < -0.4 is 5.73 Å². The van der Waals surface area contributed by atoms with E-state index in [-0.39, 0.29) is 0 Å². The summed E-state index contributed by atoms with van der Waals surface area (Å²) in [5.41, 5.74) is 5.85. The normalized spacial score (nSPS) is 38.3. The van der Waals surface area contributed by atoms with E-state index in [4.69, 9.17) is 5.73 Å². The molecule has 2 N–H and O–H groups in total. The molecule has 0 spiro atoms. The average molecular weight is 194 g/mol. The molecule has 0 aromatic rings. The van der Waals surface area contributed by atoms with E-state index in [1.54, 1.807) is 0 Å². The van der Waals surface area contributed by atoms with Gasteiger partial charge in [0.05, 0.1) is 0 Å². The van der Waals surface area contributed by atoms with E-state index in [2.05, 4.69) is 24.0 Å². The number of hydrogen-bond acceptors (Lipinski definition) is 2. The van der Waals surface area contributed by atoms with Crippen LogP contribution in [0.5, 0.6) is 0 Å². The molecule has 2 rings (SSSR count). The highest BCUT2D eigenvalue weighted by molar-refractivity contribution is 5.05. The summed E-state index contributed by atoms with van der Waals surface area (Å²) in [5.74, 6) is 1.68. The fraction of sp³-hybridized carbons (Fsp3) is 0.833. The van der Waals surface area contributed by atoms with Crippen LogP contribution in [0.1, 0.15) is 26.2 Å². The number of nitrogens with zero attached hydrogens (tertiary/aromatic N) is 1. The first kappa shape index (κ1) is 10.2. The van der Waals surface area contributed by atoms with Gasteiger partial charge in [-0.25, -0.2) is 0 Å². The molecular formula is C12H22N2. The molecule has 0 saturated carbocycles. The minimum absolute atomic E-state index is 0.324. The number of likely N-dealkylation sites (tertiary alicyclic amines) is 1. The van der Waals surface area contributed by atoms with Crippen LogP contribution in [0, 0.1) is 11.8 Å². The maximum absolute atomic E-state index is 5.85. The van der Waals surface area contributed by atoms with Crippen molar-refractivity contribution < 1.29 is 0 Å². The van der Waals surface area contributed by atoms with Gasteiger partial charge in [0.2, 0.25) is 0 Å². The molecule has 3 atom stereocenters. The minimum Gasteiger partial charge on any atom is -0.324 e. The smallest absolute Gasteiger partial charge is 0.0229 e. The molecule has 1 aliphatic carbocycles. The Bertz CT molecular complexity index is 212. The molecule has 0 aromatic carbocycles. The Morgan fingerprint density at radius 3 is 2.86 bits per heavy atom. The van der Waals surface area contributed by atoms with Gasteiger partial charge < -0.3 is 10.6 Å². The van der Waals surface area contributed by atoms with Crippen molar-refractivity contribution in [1.82, 2.24) is 4.90 Å². The lowest BCUT2D eigenvalue weighted by Crippen LogP contribution is -2.27. The molecule has 0 bridgehead atoms. The van der Waals surface area contributed by atoms with Crippen LogP contribution in [0.15, 0.2) is 12.2 Å². The van der Waals surface area contributed by atoms with Gasteiger partial charge in [-0.15, -0.1) is 0 Å². The van der Waals surface area contributed by atoms with E-state index in [0.29, 0.717) is 6.04 Å². The Labute approximate surface area is 87.2 Å². The van der Waals surface area contributed by atoms with Crippen molar-refractivity contribution >= 4 is 0 Å². The fourth-order valence-corrected chi connectivity index (χ4v) is 2.69. The summed E-state index contributed by atoms with van der Waals surface area (Å²) in [6, 6.07) is 0.324. The maximum Gasteiger partial charge on any atom is 0.0229 e. The molecule has 0 aromatic heterocycles. The molecule has 2 heteroatoms. The average Bonchev–Trinajstić information content (AvgIpc) is 2.76. The third kappa shape index (κ3) is 2.37. The van der Waals surface area contributed by atoms with Crippen LogP contribution >= 0.6 is 0 Å². The SMILES string of the molecule is CCC1CCN(CC2C=CC(N)C2)C1. The van der Waals surface area contributed by atoms with E-state index < -0.39 is 0 Å². The van der Waals surface area contributed by atoms with Crippen LogP contribution in [-0.2, 0) is 0 Å². The summed E-state index contributed by atoms with van der Waals surface area (Å²) in [4.78, 5) is 2.61. The molecule has 80 valence electrons. The van der Waals surface area contributed by atoms with Crippen molar-refractivity contribution in [3.05, 3.63) is 12.2 Å². The standard InChI is InChI=1S/C12H22N2/c1-2-10-5-6-14(8-10)9-11-3-4-12(13)7-11/h3-4,10-12H,2,5-9,13H2,1H3. The predicted octanol–water partition coefficient (Wildman–Crippen LogP) is 1.62. The largest absolute Gasteiger partial charge is 0.324 e. The third-order valence-corrected chi connectivity index (χ3v) is 3.65. The quantitative estimate of drug-likeness (QED) is 0.692. The van der Waals surface area contributed by atoms with Crippen LogP contribution in [0.2, 0.25) is 0 Å². The highest BCUT2D eigenvalue weighted by Crippen LogP contribution is 2.23. The first-order chi connectivity index (χ1) is 6.78. The van der Waals surface area contributed by atoms with Gasteiger partial charge in [-0.2, -0.15) is 0 Å². The van der Waals surface area contributed by atoms with Gasteiger partial charge in [0.25, 0.3) is 0 Å². The highest BCUT2D eigenvalue weighted by Gasteiger charge is 2.24. The Kier molecular flexibility index (Phi) is 3.24. The van der Waals surface area contributed by atoms with E-state index in [1.807, 2.05) is 0 Å². The highest BCUT2D eigenvalue weighted by atomic mass is 15.1. The van der Waals surface area contributed by atoms with Crippen molar-refractivity contribution in [2.24, 2.45) is 17.6 Å². The number of hydrogen-bond donors (Lipinski definition) is 1. The Balaban J connectivity index is 1.74. The molecule has 0 amide bonds. The van der Waals surface area contributed by atoms with Crippen molar-refractivity contribution in [3.63, 3.8) is 0 Å². The Morgan fingerprint density at radius 1 is 1.43 bits per heavy atom. The fourth-order valence-electron chi connectivity index (χ4n) is 2.69. The summed E-state index contributed by atoms with van der Waals surface area (Å²) in [7, 11) is 0.